The van der Waals surface area contributed by atoms with Crippen molar-refractivity contribution < 1.29 is 14.6 Å². The topological polar surface area (TPSA) is 59.4 Å². The second-order valence-corrected chi connectivity index (χ2v) is 4.86. The number of methoxy groups -OCH3 is 1. The van der Waals surface area contributed by atoms with Gasteiger partial charge in [-0.05, 0) is 6.92 Å². The van der Waals surface area contributed by atoms with Crippen molar-refractivity contribution in [2.45, 2.75) is 17.7 Å². The molecule has 0 saturated carbocycles. The van der Waals surface area contributed by atoms with Crippen LogP contribution in [0.25, 0.3) is 0 Å². The highest BCUT2D eigenvalue weighted by molar-refractivity contribution is 8.00. The van der Waals surface area contributed by atoms with Crippen LogP contribution in [0.3, 0.4) is 0 Å². The minimum absolute atomic E-state index is 0.0526. The molecule has 14 heavy (non-hydrogen) atoms. The Labute approximate surface area is 90.3 Å². The smallest absolute Gasteiger partial charge is 0.308 e. The van der Waals surface area contributed by atoms with Crippen molar-refractivity contribution in [2.24, 2.45) is 0 Å². The van der Waals surface area contributed by atoms with E-state index in [1.54, 1.807) is 7.11 Å². The molecule has 0 atom stereocenters. The van der Waals surface area contributed by atoms with Gasteiger partial charge >= 0.3 is 5.97 Å². The molecular formula is C8H11NO3S2. The third kappa shape index (κ3) is 3.28. The second-order valence-electron chi connectivity index (χ2n) is 2.61. The lowest BCUT2D eigenvalue weighted by molar-refractivity contribution is -0.136. The van der Waals surface area contributed by atoms with Gasteiger partial charge in [-0.3, -0.25) is 4.79 Å². The number of rotatable bonds is 5. The van der Waals surface area contributed by atoms with E-state index < -0.39 is 5.97 Å². The van der Waals surface area contributed by atoms with Gasteiger partial charge in [0.1, 0.15) is 0 Å². The van der Waals surface area contributed by atoms with Crippen LogP contribution >= 0.6 is 23.1 Å². The van der Waals surface area contributed by atoms with E-state index in [1.807, 2.05) is 6.92 Å². The molecule has 4 nitrogen and oxygen atoms in total. The first-order chi connectivity index (χ1) is 6.63. The van der Waals surface area contributed by atoms with Crippen LogP contribution in [-0.4, -0.2) is 29.1 Å². The third-order valence-corrected chi connectivity index (χ3v) is 3.73. The summed E-state index contributed by atoms with van der Waals surface area (Å²) >= 11 is 2.89. The molecule has 0 aliphatic heterocycles. The van der Waals surface area contributed by atoms with Gasteiger partial charge < -0.3 is 9.84 Å². The zero-order valence-electron chi connectivity index (χ0n) is 7.94. The first-order valence-electron chi connectivity index (χ1n) is 3.93. The van der Waals surface area contributed by atoms with E-state index in [9.17, 15) is 4.79 Å². The summed E-state index contributed by atoms with van der Waals surface area (Å²) in [6, 6.07) is 0. The van der Waals surface area contributed by atoms with Crippen molar-refractivity contribution in [3.05, 3.63) is 10.6 Å². The fourth-order valence-electron chi connectivity index (χ4n) is 0.874. The summed E-state index contributed by atoms with van der Waals surface area (Å²) in [4.78, 5) is 15.5. The molecule has 0 aromatic carbocycles. The Balaban J connectivity index is 2.66. The highest BCUT2D eigenvalue weighted by Gasteiger charge is 2.10. The van der Waals surface area contributed by atoms with Crippen molar-refractivity contribution in [3.8, 4) is 0 Å². The van der Waals surface area contributed by atoms with Crippen LogP contribution in [0, 0.1) is 6.92 Å². The number of nitrogens with zero attached hydrogens (tertiary/aromatic N) is 1. The molecule has 0 unspecified atom stereocenters. The van der Waals surface area contributed by atoms with Crippen molar-refractivity contribution in [3.63, 3.8) is 0 Å². The molecule has 0 bridgehead atoms. The number of ether oxygens (including phenoxy) is 1. The molecule has 1 aromatic heterocycles. The third-order valence-electron chi connectivity index (χ3n) is 1.49. The molecular weight excluding hydrogens is 222 g/mol. The fraction of sp³-hybridized carbons (Fsp3) is 0.500. The molecule has 78 valence electrons. The summed E-state index contributed by atoms with van der Waals surface area (Å²) in [7, 11) is 1.62. The monoisotopic (exact) mass is 233 g/mol. The van der Waals surface area contributed by atoms with E-state index in [0.29, 0.717) is 5.94 Å². The number of carboxylic acid groups (broad SMARTS) is 1. The number of aromatic nitrogens is 1. The largest absolute Gasteiger partial charge is 0.481 e. The molecule has 0 amide bonds. The van der Waals surface area contributed by atoms with Gasteiger partial charge in [0.25, 0.3) is 0 Å². The molecule has 0 spiro atoms. The van der Waals surface area contributed by atoms with Crippen LogP contribution < -0.4 is 0 Å². The molecule has 6 heteroatoms. The number of thioether (sulfide) groups is 1. The summed E-state index contributed by atoms with van der Waals surface area (Å²) in [5, 5.41) is 8.62. The van der Waals surface area contributed by atoms with Crippen LogP contribution in [0.5, 0.6) is 0 Å². The van der Waals surface area contributed by atoms with Crippen molar-refractivity contribution in [2.75, 3.05) is 13.0 Å². The van der Waals surface area contributed by atoms with Gasteiger partial charge in [-0.1, -0.05) is 11.8 Å². The Morgan fingerprint density at radius 3 is 3.00 bits per heavy atom. The summed E-state index contributed by atoms with van der Waals surface area (Å²) < 4.78 is 5.75. The SMILES string of the molecule is COCSc1nc(C)c(CC(=O)O)s1. The van der Waals surface area contributed by atoms with Gasteiger partial charge in [-0.2, -0.15) is 0 Å². The van der Waals surface area contributed by atoms with Crippen molar-refractivity contribution >= 4 is 29.1 Å². The molecule has 1 heterocycles. The maximum Gasteiger partial charge on any atom is 0.308 e. The molecule has 1 rings (SSSR count). The number of hydrogen-bond acceptors (Lipinski definition) is 5. The standard InChI is InChI=1S/C8H11NO3S2/c1-5-6(3-7(10)11)14-8(9-5)13-4-12-2/h3-4H2,1-2H3,(H,10,11). The lowest BCUT2D eigenvalue weighted by Gasteiger charge is -1.92. The van der Waals surface area contributed by atoms with Gasteiger partial charge in [0.05, 0.1) is 18.1 Å². The maximum absolute atomic E-state index is 10.5. The van der Waals surface area contributed by atoms with Crippen LogP contribution in [0.1, 0.15) is 10.6 Å². The Hall–Kier alpha value is -0.590. The number of carboxylic acids is 1. The summed E-state index contributed by atoms with van der Waals surface area (Å²) in [6.07, 6.45) is 0.0526. The minimum atomic E-state index is -0.819. The van der Waals surface area contributed by atoms with Crippen molar-refractivity contribution in [1.29, 1.82) is 0 Å². The van der Waals surface area contributed by atoms with E-state index in [-0.39, 0.29) is 6.42 Å². The Kier molecular flexibility index (Phi) is 4.37. The Bertz CT molecular complexity index is 324. The van der Waals surface area contributed by atoms with Gasteiger partial charge in [-0.15, -0.1) is 11.3 Å². The molecule has 0 saturated heterocycles. The number of thiazole rings is 1. The first-order valence-corrected chi connectivity index (χ1v) is 5.73. The highest BCUT2D eigenvalue weighted by atomic mass is 32.2. The van der Waals surface area contributed by atoms with E-state index in [1.165, 1.54) is 23.1 Å². The second kappa shape index (κ2) is 5.33. The average Bonchev–Trinajstić information content (AvgIpc) is 2.43. The summed E-state index contributed by atoms with van der Waals surface area (Å²) in [5.74, 6) is -0.278. The van der Waals surface area contributed by atoms with Gasteiger partial charge in [0.2, 0.25) is 0 Å². The molecule has 1 N–H and O–H groups in total. The van der Waals surface area contributed by atoms with Crippen LogP contribution in [0.15, 0.2) is 4.34 Å². The summed E-state index contributed by atoms with van der Waals surface area (Å²) in [6.45, 7) is 1.83. The average molecular weight is 233 g/mol. The van der Waals surface area contributed by atoms with E-state index in [2.05, 4.69) is 4.98 Å². The Morgan fingerprint density at radius 1 is 1.71 bits per heavy atom. The Morgan fingerprint density at radius 2 is 2.43 bits per heavy atom. The normalized spacial score (nSPS) is 10.4. The van der Waals surface area contributed by atoms with E-state index >= 15 is 0 Å². The van der Waals surface area contributed by atoms with Gasteiger partial charge in [0, 0.05) is 12.0 Å². The predicted molar refractivity (Wildman–Crippen MR) is 55.9 cm³/mol. The van der Waals surface area contributed by atoms with Gasteiger partial charge in [0.15, 0.2) is 4.34 Å². The first kappa shape index (κ1) is 11.5. The van der Waals surface area contributed by atoms with Crippen LogP contribution in [-0.2, 0) is 16.0 Å². The predicted octanol–water partition coefficient (Wildman–Crippen LogP) is 1.77. The van der Waals surface area contributed by atoms with E-state index in [4.69, 9.17) is 9.84 Å². The molecule has 1 aromatic rings. The van der Waals surface area contributed by atoms with Crippen LogP contribution in [0.2, 0.25) is 0 Å². The number of aliphatic carboxylic acids is 1. The zero-order valence-corrected chi connectivity index (χ0v) is 9.57. The highest BCUT2D eigenvalue weighted by Crippen LogP contribution is 2.27. The summed E-state index contributed by atoms with van der Waals surface area (Å²) in [5.41, 5.74) is 0.802. The quantitative estimate of drug-likeness (QED) is 0.620. The molecule has 0 fully saturated rings. The lowest BCUT2D eigenvalue weighted by Crippen LogP contribution is -1.99. The maximum atomic E-state index is 10.5. The fourth-order valence-corrected chi connectivity index (χ4v) is 2.76. The minimum Gasteiger partial charge on any atom is -0.481 e. The zero-order chi connectivity index (χ0) is 10.6. The number of aryl methyl sites for hydroxylation is 1. The molecule has 0 aliphatic rings. The van der Waals surface area contributed by atoms with Gasteiger partial charge in [-0.25, -0.2) is 4.98 Å². The van der Waals surface area contributed by atoms with Crippen LogP contribution in [0.4, 0.5) is 0 Å². The van der Waals surface area contributed by atoms with Crippen molar-refractivity contribution in [1.82, 2.24) is 4.98 Å². The van der Waals surface area contributed by atoms with E-state index in [0.717, 1.165) is 14.9 Å². The lowest BCUT2D eigenvalue weighted by atomic mass is 10.3. The number of hydrogen-bond donors (Lipinski definition) is 1. The number of carbonyl (C=O) groups is 1. The molecule has 0 radical (unpaired) electrons. The molecule has 0 aliphatic carbocycles.